The Labute approximate surface area is 96.9 Å². The van der Waals surface area contributed by atoms with E-state index in [0.29, 0.717) is 10.8 Å². The fourth-order valence-corrected chi connectivity index (χ4v) is 1.46. The van der Waals surface area contributed by atoms with Crippen molar-refractivity contribution in [2.24, 2.45) is 0 Å². The highest BCUT2D eigenvalue weighted by Crippen LogP contribution is 2.18. The van der Waals surface area contributed by atoms with Gasteiger partial charge in [-0.15, -0.1) is 0 Å². The third-order valence-corrected chi connectivity index (χ3v) is 2.41. The number of rotatable bonds is 2. The molecule has 2 aromatic rings. The molecule has 0 aromatic carbocycles. The molecule has 0 aliphatic rings. The van der Waals surface area contributed by atoms with Gasteiger partial charge in [0.25, 0.3) is 0 Å². The number of hydrogen-bond acceptors (Lipinski definition) is 3. The Kier molecular flexibility index (Phi) is 2.88. The minimum Gasteiger partial charge on any atom is -0.225 e. The maximum absolute atomic E-state index is 5.94. The van der Waals surface area contributed by atoms with Crippen molar-refractivity contribution >= 4 is 23.2 Å². The second-order valence-corrected chi connectivity index (χ2v) is 3.70. The molecule has 0 spiro atoms. The van der Waals surface area contributed by atoms with Crippen LogP contribution in [-0.2, 0) is 6.42 Å². The Balaban J connectivity index is 2.48. The molecule has 2 rings (SSSR count). The average Bonchev–Trinajstić information content (AvgIpc) is 2.70. The summed E-state index contributed by atoms with van der Waals surface area (Å²) in [5.41, 5.74) is 1.11. The standard InChI is InChI=1S/C9H8Cl2N4/c1-2-6-3-13-15(5-6)8-7(10)4-12-9(11)14-8/h3-5H,2H2,1H3. The maximum Gasteiger partial charge on any atom is 0.224 e. The van der Waals surface area contributed by atoms with Crippen LogP contribution in [0, 0.1) is 0 Å². The lowest BCUT2D eigenvalue weighted by molar-refractivity contribution is 0.839. The number of hydrogen-bond donors (Lipinski definition) is 0. The average molecular weight is 243 g/mol. The molecule has 0 saturated heterocycles. The predicted octanol–water partition coefficient (Wildman–Crippen LogP) is 2.53. The van der Waals surface area contributed by atoms with Gasteiger partial charge in [0.2, 0.25) is 5.28 Å². The van der Waals surface area contributed by atoms with Crippen LogP contribution in [0.2, 0.25) is 10.3 Å². The summed E-state index contributed by atoms with van der Waals surface area (Å²) in [6.07, 6.45) is 6.01. The van der Waals surface area contributed by atoms with Gasteiger partial charge in [-0.3, -0.25) is 0 Å². The summed E-state index contributed by atoms with van der Waals surface area (Å²) in [7, 11) is 0. The van der Waals surface area contributed by atoms with Crippen LogP contribution >= 0.6 is 23.2 Å². The molecule has 0 radical (unpaired) electrons. The smallest absolute Gasteiger partial charge is 0.224 e. The van der Waals surface area contributed by atoms with E-state index in [9.17, 15) is 0 Å². The zero-order valence-corrected chi connectivity index (χ0v) is 9.50. The summed E-state index contributed by atoms with van der Waals surface area (Å²) in [4.78, 5) is 7.79. The van der Waals surface area contributed by atoms with E-state index in [-0.39, 0.29) is 5.28 Å². The van der Waals surface area contributed by atoms with Crippen LogP contribution in [0.4, 0.5) is 0 Å². The fraction of sp³-hybridized carbons (Fsp3) is 0.222. The molecule has 0 aliphatic carbocycles. The molecule has 0 atom stereocenters. The number of aromatic nitrogens is 4. The predicted molar refractivity (Wildman–Crippen MR) is 58.6 cm³/mol. The van der Waals surface area contributed by atoms with Crippen molar-refractivity contribution in [2.75, 3.05) is 0 Å². The molecular formula is C9H8Cl2N4. The van der Waals surface area contributed by atoms with Crippen LogP contribution in [0.3, 0.4) is 0 Å². The van der Waals surface area contributed by atoms with E-state index >= 15 is 0 Å². The van der Waals surface area contributed by atoms with Crippen LogP contribution in [0.25, 0.3) is 5.82 Å². The second-order valence-electron chi connectivity index (χ2n) is 2.96. The molecule has 0 fully saturated rings. The topological polar surface area (TPSA) is 43.6 Å². The molecule has 0 unspecified atom stereocenters. The molecule has 78 valence electrons. The normalized spacial score (nSPS) is 10.6. The molecule has 0 saturated carbocycles. The van der Waals surface area contributed by atoms with Gasteiger partial charge in [0.1, 0.15) is 5.02 Å². The highest BCUT2D eigenvalue weighted by molar-refractivity contribution is 6.32. The van der Waals surface area contributed by atoms with Crippen molar-refractivity contribution in [3.8, 4) is 5.82 Å². The van der Waals surface area contributed by atoms with E-state index in [0.717, 1.165) is 12.0 Å². The van der Waals surface area contributed by atoms with E-state index in [1.54, 1.807) is 10.9 Å². The summed E-state index contributed by atoms with van der Waals surface area (Å²) < 4.78 is 1.59. The first-order chi connectivity index (χ1) is 7.20. The maximum atomic E-state index is 5.94. The van der Waals surface area contributed by atoms with E-state index in [4.69, 9.17) is 23.2 Å². The molecule has 4 nitrogen and oxygen atoms in total. The molecule has 2 aromatic heterocycles. The van der Waals surface area contributed by atoms with Crippen molar-refractivity contribution < 1.29 is 0 Å². The quantitative estimate of drug-likeness (QED) is 0.761. The summed E-state index contributed by atoms with van der Waals surface area (Å²) in [6, 6.07) is 0. The lowest BCUT2D eigenvalue weighted by atomic mass is 10.3. The summed E-state index contributed by atoms with van der Waals surface area (Å²) >= 11 is 11.6. The van der Waals surface area contributed by atoms with Gasteiger partial charge < -0.3 is 0 Å². The van der Waals surface area contributed by atoms with Crippen LogP contribution < -0.4 is 0 Å². The minimum absolute atomic E-state index is 0.156. The van der Waals surface area contributed by atoms with Crippen LogP contribution in [0.5, 0.6) is 0 Å². The molecule has 2 heterocycles. The van der Waals surface area contributed by atoms with Crippen molar-refractivity contribution in [3.05, 3.63) is 34.5 Å². The summed E-state index contributed by atoms with van der Waals surface area (Å²) in [5, 5.41) is 4.72. The first kappa shape index (κ1) is 10.4. The molecule has 6 heteroatoms. The third-order valence-electron chi connectivity index (χ3n) is 1.96. The van der Waals surface area contributed by atoms with Gasteiger partial charge in [0, 0.05) is 6.20 Å². The van der Waals surface area contributed by atoms with Crippen molar-refractivity contribution in [3.63, 3.8) is 0 Å². The van der Waals surface area contributed by atoms with Gasteiger partial charge in [-0.05, 0) is 23.6 Å². The van der Waals surface area contributed by atoms with Gasteiger partial charge in [-0.1, -0.05) is 18.5 Å². The highest BCUT2D eigenvalue weighted by atomic mass is 35.5. The Morgan fingerprint density at radius 3 is 2.80 bits per heavy atom. The monoisotopic (exact) mass is 242 g/mol. The van der Waals surface area contributed by atoms with E-state index < -0.39 is 0 Å². The van der Waals surface area contributed by atoms with Gasteiger partial charge in [0.05, 0.1) is 12.4 Å². The van der Waals surface area contributed by atoms with Gasteiger partial charge in [-0.2, -0.15) is 10.1 Å². The Morgan fingerprint density at radius 2 is 2.13 bits per heavy atom. The molecular weight excluding hydrogens is 235 g/mol. The SMILES string of the molecule is CCc1cnn(-c2nc(Cl)ncc2Cl)c1. The molecule has 0 bridgehead atoms. The molecule has 0 N–H and O–H groups in total. The van der Waals surface area contributed by atoms with Crippen LogP contribution in [-0.4, -0.2) is 19.7 Å². The third kappa shape index (κ3) is 2.11. The Hall–Kier alpha value is -1.13. The largest absolute Gasteiger partial charge is 0.225 e. The van der Waals surface area contributed by atoms with Crippen LogP contribution in [0.15, 0.2) is 18.6 Å². The van der Waals surface area contributed by atoms with Crippen molar-refractivity contribution in [1.29, 1.82) is 0 Å². The lowest BCUT2D eigenvalue weighted by Gasteiger charge is -2.01. The zero-order valence-electron chi connectivity index (χ0n) is 7.98. The molecule has 15 heavy (non-hydrogen) atoms. The summed E-state index contributed by atoms with van der Waals surface area (Å²) in [5.74, 6) is 0.497. The first-order valence-corrected chi connectivity index (χ1v) is 5.18. The summed E-state index contributed by atoms with van der Waals surface area (Å²) in [6.45, 7) is 2.05. The van der Waals surface area contributed by atoms with E-state index in [1.807, 2.05) is 6.20 Å². The number of aryl methyl sites for hydroxylation is 1. The highest BCUT2D eigenvalue weighted by Gasteiger charge is 2.07. The second kappa shape index (κ2) is 4.16. The van der Waals surface area contributed by atoms with Crippen molar-refractivity contribution in [1.82, 2.24) is 19.7 Å². The minimum atomic E-state index is 0.156. The molecule has 0 aliphatic heterocycles. The zero-order chi connectivity index (χ0) is 10.8. The van der Waals surface area contributed by atoms with Gasteiger partial charge >= 0.3 is 0 Å². The van der Waals surface area contributed by atoms with Gasteiger partial charge in [-0.25, -0.2) is 9.67 Å². The molecule has 0 amide bonds. The lowest BCUT2D eigenvalue weighted by Crippen LogP contribution is -2.00. The Bertz CT molecular complexity index is 481. The van der Waals surface area contributed by atoms with E-state index in [2.05, 4.69) is 22.0 Å². The number of nitrogens with zero attached hydrogens (tertiary/aromatic N) is 4. The first-order valence-electron chi connectivity index (χ1n) is 4.42. The van der Waals surface area contributed by atoms with Crippen molar-refractivity contribution in [2.45, 2.75) is 13.3 Å². The van der Waals surface area contributed by atoms with Crippen LogP contribution in [0.1, 0.15) is 12.5 Å². The van der Waals surface area contributed by atoms with E-state index in [1.165, 1.54) is 6.20 Å². The number of halogens is 2. The van der Waals surface area contributed by atoms with Gasteiger partial charge in [0.15, 0.2) is 5.82 Å². The Morgan fingerprint density at radius 1 is 1.33 bits per heavy atom. The fourth-order valence-electron chi connectivity index (χ4n) is 1.16.